The maximum atomic E-state index is 9.81. The fourth-order valence-electron chi connectivity index (χ4n) is 5.39. The summed E-state index contributed by atoms with van der Waals surface area (Å²) in [5.41, 5.74) is 1.63. The lowest BCUT2D eigenvalue weighted by Crippen LogP contribution is -2.23. The van der Waals surface area contributed by atoms with Gasteiger partial charge in [0.25, 0.3) is 0 Å². The number of benzene rings is 1. The molecule has 0 amide bonds. The molecule has 0 aromatic heterocycles. The lowest BCUT2D eigenvalue weighted by molar-refractivity contribution is 0.287. The minimum Gasteiger partial charge on any atom is -0.508 e. The van der Waals surface area contributed by atoms with Crippen molar-refractivity contribution >= 4 is 12.7 Å². The molecule has 1 heteroatoms. The first kappa shape index (κ1) is 22.9. The highest BCUT2D eigenvalue weighted by Crippen LogP contribution is 2.45. The van der Waals surface area contributed by atoms with Crippen LogP contribution in [0, 0.1) is 35.5 Å². The molecule has 0 bridgehead atoms. The Labute approximate surface area is 184 Å². The van der Waals surface area contributed by atoms with Crippen LogP contribution in [0.25, 0.3) is 12.7 Å². The van der Waals surface area contributed by atoms with Gasteiger partial charge in [-0.25, -0.2) is 0 Å². The molecule has 3 rings (SSSR count). The summed E-state index contributed by atoms with van der Waals surface area (Å²) in [6.07, 6.45) is 18.9. The summed E-state index contributed by atoms with van der Waals surface area (Å²) in [4.78, 5) is 0. The molecule has 2 aliphatic rings. The lowest BCUT2D eigenvalue weighted by atomic mass is 9.73. The second-order valence-corrected chi connectivity index (χ2v) is 10.3. The molecule has 0 aliphatic heterocycles. The van der Waals surface area contributed by atoms with Gasteiger partial charge in [-0.15, -0.1) is 0 Å². The zero-order chi connectivity index (χ0) is 21.7. The summed E-state index contributed by atoms with van der Waals surface area (Å²) >= 11 is 0. The zero-order valence-electron chi connectivity index (χ0n) is 19.6. The van der Waals surface area contributed by atoms with E-state index in [1.807, 2.05) is 12.1 Å². The summed E-state index contributed by atoms with van der Waals surface area (Å²) in [6, 6.07) is 5.44. The fraction of sp³-hybridized carbons (Fsp3) is 0.586. The highest BCUT2D eigenvalue weighted by molar-refractivity contribution is 5.43. The zero-order valence-corrected chi connectivity index (χ0v) is 19.6. The molecule has 1 nitrogen and oxygen atoms in total. The highest BCUT2D eigenvalue weighted by atomic mass is 16.3. The molecular formula is C29H42O. The first-order chi connectivity index (χ1) is 14.3. The van der Waals surface area contributed by atoms with Crippen LogP contribution in [0.3, 0.4) is 0 Å². The normalized spacial score (nSPS) is 29.2. The van der Waals surface area contributed by atoms with Crippen LogP contribution in [0.1, 0.15) is 72.6 Å². The van der Waals surface area contributed by atoms with Crippen molar-refractivity contribution < 1.29 is 5.11 Å². The average Bonchev–Trinajstić information content (AvgIpc) is 2.95. The smallest absolute Gasteiger partial charge is 0.116 e. The van der Waals surface area contributed by atoms with E-state index in [1.165, 1.54) is 44.9 Å². The van der Waals surface area contributed by atoms with Gasteiger partial charge in [-0.1, -0.05) is 70.2 Å². The van der Waals surface area contributed by atoms with Crippen LogP contribution in [0.2, 0.25) is 0 Å². The van der Waals surface area contributed by atoms with E-state index < -0.39 is 0 Å². The molecule has 0 radical (unpaired) electrons. The van der Waals surface area contributed by atoms with Crippen LogP contribution >= 0.6 is 0 Å². The van der Waals surface area contributed by atoms with Crippen LogP contribution in [-0.4, -0.2) is 5.11 Å². The van der Waals surface area contributed by atoms with Crippen molar-refractivity contribution in [3.8, 4) is 5.75 Å². The van der Waals surface area contributed by atoms with Gasteiger partial charge in [0.1, 0.15) is 5.75 Å². The summed E-state index contributed by atoms with van der Waals surface area (Å²) in [7, 11) is 0. The minimum absolute atomic E-state index is 0.319. The quantitative estimate of drug-likeness (QED) is 0.546. The number of hydrogen-bond donors (Lipinski definition) is 1. The van der Waals surface area contributed by atoms with E-state index in [-0.39, 0.29) is 0 Å². The Morgan fingerprint density at radius 2 is 1.73 bits per heavy atom. The summed E-state index contributed by atoms with van der Waals surface area (Å²) < 4.78 is 0. The van der Waals surface area contributed by atoms with Gasteiger partial charge in [-0.2, -0.15) is 0 Å². The second kappa shape index (κ2) is 10.5. The maximum absolute atomic E-state index is 9.81. The molecule has 1 aromatic carbocycles. The van der Waals surface area contributed by atoms with Gasteiger partial charge in [0, 0.05) is 0 Å². The van der Waals surface area contributed by atoms with Crippen molar-refractivity contribution in [3.63, 3.8) is 0 Å². The Kier molecular flexibility index (Phi) is 8.03. The third-order valence-corrected chi connectivity index (χ3v) is 7.96. The number of phenolic OH excluding ortho intramolecular Hbond substituents is 1. The third kappa shape index (κ3) is 5.90. The van der Waals surface area contributed by atoms with Crippen LogP contribution in [0.15, 0.2) is 42.0 Å². The van der Waals surface area contributed by atoms with Crippen LogP contribution in [0.5, 0.6) is 5.75 Å². The number of hydrogen-bond acceptors (Lipinski definition) is 1. The largest absolute Gasteiger partial charge is 0.508 e. The van der Waals surface area contributed by atoms with Crippen molar-refractivity contribution in [1.29, 1.82) is 0 Å². The Balaban J connectivity index is 1.72. The van der Waals surface area contributed by atoms with Crippen molar-refractivity contribution in [2.24, 2.45) is 35.5 Å². The van der Waals surface area contributed by atoms with Gasteiger partial charge >= 0.3 is 0 Å². The summed E-state index contributed by atoms with van der Waals surface area (Å²) in [6.45, 7) is 13.5. The van der Waals surface area contributed by atoms with Crippen LogP contribution in [0.4, 0.5) is 0 Å². The van der Waals surface area contributed by atoms with E-state index in [2.05, 4.69) is 58.6 Å². The third-order valence-electron chi connectivity index (χ3n) is 7.96. The van der Waals surface area contributed by atoms with E-state index in [1.54, 1.807) is 11.6 Å². The van der Waals surface area contributed by atoms with E-state index >= 15 is 0 Å². The van der Waals surface area contributed by atoms with Gasteiger partial charge in [0.05, 0.1) is 0 Å². The number of aromatic hydroxyl groups is 1. The number of allylic oxidation sites excluding steroid dienone is 4. The molecule has 2 aliphatic carbocycles. The number of rotatable bonds is 5. The van der Waals surface area contributed by atoms with Gasteiger partial charge in [0.2, 0.25) is 0 Å². The molecule has 2 saturated carbocycles. The van der Waals surface area contributed by atoms with Crippen molar-refractivity contribution in [2.75, 3.05) is 0 Å². The molecule has 0 unspecified atom stereocenters. The minimum atomic E-state index is 0.319. The monoisotopic (exact) mass is 406 g/mol. The standard InChI is InChI=1S/C29H42O/c1-20(2)21(3)9-10-22(4)24-12-13-25-7-6-8-26(29(25)18-16-24)14-15-27-19-28(30)17-11-23(27)5/h9-11,14-15,17,19-22,24-25,29-30H,5-8,12-13,16,18H2,1-4H3/b10-9+,26-14+,27-15-/t21-,22+,24+,25-,29+/m0/s1. The molecular weight excluding hydrogens is 364 g/mol. The predicted molar refractivity (Wildman–Crippen MR) is 131 cm³/mol. The molecule has 0 heterocycles. The number of fused-ring (bicyclic) bond motifs is 1. The summed E-state index contributed by atoms with van der Waals surface area (Å²) in [5, 5.41) is 11.8. The topological polar surface area (TPSA) is 20.2 Å². The first-order valence-corrected chi connectivity index (χ1v) is 12.2. The van der Waals surface area contributed by atoms with Gasteiger partial charge < -0.3 is 5.11 Å². The van der Waals surface area contributed by atoms with Crippen molar-refractivity contribution in [1.82, 2.24) is 0 Å². The van der Waals surface area contributed by atoms with E-state index in [0.717, 1.165) is 34.1 Å². The van der Waals surface area contributed by atoms with Gasteiger partial charge in [-0.3, -0.25) is 0 Å². The Morgan fingerprint density at radius 1 is 0.967 bits per heavy atom. The average molecular weight is 407 g/mol. The second-order valence-electron chi connectivity index (χ2n) is 10.3. The maximum Gasteiger partial charge on any atom is 0.116 e. The molecule has 1 aromatic rings. The lowest BCUT2D eigenvalue weighted by Gasteiger charge is -2.32. The number of phenols is 1. The van der Waals surface area contributed by atoms with E-state index in [0.29, 0.717) is 17.6 Å². The Morgan fingerprint density at radius 3 is 2.50 bits per heavy atom. The molecule has 0 saturated heterocycles. The Bertz CT molecular complexity index is 859. The van der Waals surface area contributed by atoms with Crippen molar-refractivity contribution in [3.05, 3.63) is 52.4 Å². The van der Waals surface area contributed by atoms with E-state index in [4.69, 9.17) is 0 Å². The highest BCUT2D eigenvalue weighted by Gasteiger charge is 2.33. The molecule has 2 fully saturated rings. The van der Waals surface area contributed by atoms with E-state index in [9.17, 15) is 5.11 Å². The van der Waals surface area contributed by atoms with Gasteiger partial charge in [-0.05, 0) is 103 Å². The van der Waals surface area contributed by atoms with Crippen LogP contribution < -0.4 is 10.4 Å². The molecule has 5 atom stereocenters. The summed E-state index contributed by atoms with van der Waals surface area (Å²) in [5.74, 6) is 4.83. The van der Waals surface area contributed by atoms with Crippen LogP contribution in [-0.2, 0) is 0 Å². The predicted octanol–water partition coefficient (Wildman–Crippen LogP) is 6.60. The molecule has 30 heavy (non-hydrogen) atoms. The molecule has 0 spiro atoms. The Hall–Kier alpha value is -1.76. The SMILES string of the molecule is C=c1ccc(O)c/c1=C/C=C1\CCC[C@H]2CC[C@@H]([C@H](C)/C=C/[C@H](C)C(C)C)CC[C@@H]12. The molecule has 164 valence electrons. The molecule has 1 N–H and O–H groups in total. The fourth-order valence-corrected chi connectivity index (χ4v) is 5.39. The first-order valence-electron chi connectivity index (χ1n) is 12.2. The van der Waals surface area contributed by atoms with Crippen molar-refractivity contribution in [2.45, 2.75) is 72.6 Å². The van der Waals surface area contributed by atoms with Gasteiger partial charge in [0.15, 0.2) is 0 Å².